The van der Waals surface area contributed by atoms with E-state index in [-0.39, 0.29) is 0 Å². The molecule has 1 aliphatic rings. The average Bonchev–Trinajstić information content (AvgIpc) is 3.03. The first-order chi connectivity index (χ1) is 9.66. The summed E-state index contributed by atoms with van der Waals surface area (Å²) in [6.45, 7) is 6.72. The molecule has 1 N–H and O–H groups in total. The molecule has 2 aromatic rings. The number of rotatable bonds is 4. The largest absolute Gasteiger partial charge is 0.324 e. The Hall–Kier alpha value is -1.06. The third-order valence-corrected chi connectivity index (χ3v) is 4.49. The SMILES string of the molecule is CC(C)n1c(CCC2CCNC2)nc2cccc(Cl)c21. The van der Waals surface area contributed by atoms with Crippen LogP contribution in [0.3, 0.4) is 0 Å². The summed E-state index contributed by atoms with van der Waals surface area (Å²) in [6, 6.07) is 6.37. The van der Waals surface area contributed by atoms with Crippen molar-refractivity contribution in [3.05, 3.63) is 29.0 Å². The minimum atomic E-state index is 0.386. The predicted molar refractivity (Wildman–Crippen MR) is 84.4 cm³/mol. The van der Waals surface area contributed by atoms with E-state index in [1.165, 1.54) is 18.7 Å². The first-order valence-electron chi connectivity index (χ1n) is 7.53. The van der Waals surface area contributed by atoms with Crippen molar-refractivity contribution in [2.45, 2.75) is 39.2 Å². The van der Waals surface area contributed by atoms with Crippen molar-refractivity contribution < 1.29 is 0 Å². The number of benzene rings is 1. The van der Waals surface area contributed by atoms with Crippen molar-refractivity contribution in [2.24, 2.45) is 5.92 Å². The van der Waals surface area contributed by atoms with Crippen molar-refractivity contribution in [3.8, 4) is 0 Å². The number of imidazole rings is 1. The number of nitrogens with one attached hydrogen (secondary N) is 1. The van der Waals surface area contributed by atoms with Gasteiger partial charge in [0.2, 0.25) is 0 Å². The lowest BCUT2D eigenvalue weighted by Crippen LogP contribution is -2.12. The van der Waals surface area contributed by atoms with E-state index in [1.807, 2.05) is 12.1 Å². The van der Waals surface area contributed by atoms with Crippen LogP contribution in [0.2, 0.25) is 5.02 Å². The fourth-order valence-corrected chi connectivity index (χ4v) is 3.44. The number of para-hydroxylation sites is 1. The number of halogens is 1. The molecule has 0 saturated carbocycles. The van der Waals surface area contributed by atoms with Gasteiger partial charge in [0.1, 0.15) is 5.82 Å². The maximum absolute atomic E-state index is 6.38. The van der Waals surface area contributed by atoms with Crippen molar-refractivity contribution in [3.63, 3.8) is 0 Å². The van der Waals surface area contributed by atoms with Gasteiger partial charge in [-0.2, -0.15) is 0 Å². The van der Waals surface area contributed by atoms with E-state index in [0.29, 0.717) is 6.04 Å². The van der Waals surface area contributed by atoms with Crippen LogP contribution < -0.4 is 5.32 Å². The highest BCUT2D eigenvalue weighted by Gasteiger charge is 2.19. The maximum atomic E-state index is 6.38. The number of hydrogen-bond donors (Lipinski definition) is 1. The topological polar surface area (TPSA) is 29.9 Å². The number of aromatic nitrogens is 2. The Morgan fingerprint density at radius 1 is 1.45 bits per heavy atom. The van der Waals surface area contributed by atoms with E-state index in [9.17, 15) is 0 Å². The summed E-state index contributed by atoms with van der Waals surface area (Å²) in [6.07, 6.45) is 3.54. The molecule has 1 saturated heterocycles. The van der Waals surface area contributed by atoms with E-state index in [4.69, 9.17) is 16.6 Å². The third-order valence-electron chi connectivity index (χ3n) is 4.19. The Balaban J connectivity index is 1.92. The predicted octanol–water partition coefficient (Wildman–Crippen LogP) is 3.81. The van der Waals surface area contributed by atoms with Gasteiger partial charge in [0.05, 0.1) is 16.1 Å². The minimum absolute atomic E-state index is 0.386. The fraction of sp³-hybridized carbons (Fsp3) is 0.562. The normalized spacial score (nSPS) is 19.3. The maximum Gasteiger partial charge on any atom is 0.110 e. The first-order valence-corrected chi connectivity index (χ1v) is 7.90. The Kier molecular flexibility index (Phi) is 3.99. The van der Waals surface area contributed by atoms with Gasteiger partial charge in [0.15, 0.2) is 0 Å². The molecule has 0 aliphatic carbocycles. The summed E-state index contributed by atoms with van der Waals surface area (Å²) in [7, 11) is 0. The van der Waals surface area contributed by atoms with Crippen LogP contribution in [-0.4, -0.2) is 22.6 Å². The summed E-state index contributed by atoms with van der Waals surface area (Å²) in [5, 5.41) is 4.24. The third kappa shape index (κ3) is 2.57. The summed E-state index contributed by atoms with van der Waals surface area (Å²) in [5.74, 6) is 1.97. The molecule has 1 aliphatic heterocycles. The van der Waals surface area contributed by atoms with E-state index in [2.05, 4.69) is 29.8 Å². The second-order valence-corrected chi connectivity index (χ2v) is 6.40. The van der Waals surface area contributed by atoms with E-state index >= 15 is 0 Å². The van der Waals surface area contributed by atoms with Crippen LogP contribution in [0.1, 0.15) is 38.6 Å². The van der Waals surface area contributed by atoms with Gasteiger partial charge in [-0.15, -0.1) is 0 Å². The number of nitrogens with zero attached hydrogens (tertiary/aromatic N) is 2. The molecular weight excluding hydrogens is 270 g/mol. The van der Waals surface area contributed by atoms with Gasteiger partial charge in [-0.1, -0.05) is 17.7 Å². The van der Waals surface area contributed by atoms with Crippen LogP contribution in [0.25, 0.3) is 11.0 Å². The highest BCUT2D eigenvalue weighted by molar-refractivity contribution is 6.35. The zero-order chi connectivity index (χ0) is 14.1. The van der Waals surface area contributed by atoms with Crippen LogP contribution >= 0.6 is 11.6 Å². The van der Waals surface area contributed by atoms with E-state index < -0.39 is 0 Å². The number of hydrogen-bond acceptors (Lipinski definition) is 2. The Labute approximate surface area is 125 Å². The molecule has 0 radical (unpaired) electrons. The average molecular weight is 292 g/mol. The van der Waals surface area contributed by atoms with E-state index in [1.54, 1.807) is 0 Å². The van der Waals surface area contributed by atoms with Crippen molar-refractivity contribution in [2.75, 3.05) is 13.1 Å². The van der Waals surface area contributed by atoms with Crippen LogP contribution in [0.4, 0.5) is 0 Å². The molecule has 1 aromatic heterocycles. The van der Waals surface area contributed by atoms with Gasteiger partial charge in [-0.25, -0.2) is 4.98 Å². The Morgan fingerprint density at radius 3 is 3.00 bits per heavy atom. The molecule has 4 heteroatoms. The second kappa shape index (κ2) is 5.74. The molecule has 3 nitrogen and oxygen atoms in total. The first kappa shape index (κ1) is 13.9. The molecule has 1 unspecified atom stereocenters. The van der Waals surface area contributed by atoms with Gasteiger partial charge >= 0.3 is 0 Å². The van der Waals surface area contributed by atoms with Gasteiger partial charge in [-0.3, -0.25) is 0 Å². The molecule has 2 heterocycles. The Morgan fingerprint density at radius 2 is 2.30 bits per heavy atom. The van der Waals surface area contributed by atoms with Crippen molar-refractivity contribution in [1.82, 2.24) is 14.9 Å². The molecule has 20 heavy (non-hydrogen) atoms. The molecule has 1 aromatic carbocycles. The molecular formula is C16H22ClN3. The molecule has 0 spiro atoms. The van der Waals surface area contributed by atoms with E-state index in [0.717, 1.165) is 41.5 Å². The lowest BCUT2D eigenvalue weighted by atomic mass is 10.0. The van der Waals surface area contributed by atoms with Gasteiger partial charge in [0.25, 0.3) is 0 Å². The van der Waals surface area contributed by atoms with Crippen LogP contribution in [0.5, 0.6) is 0 Å². The lowest BCUT2D eigenvalue weighted by molar-refractivity contribution is 0.502. The summed E-state index contributed by atoms with van der Waals surface area (Å²) in [5.41, 5.74) is 2.11. The zero-order valence-corrected chi connectivity index (χ0v) is 13.0. The van der Waals surface area contributed by atoms with Crippen LogP contribution in [0.15, 0.2) is 18.2 Å². The standard InChI is InChI=1S/C16H22ClN3/c1-11(2)20-15(7-6-12-8-9-18-10-12)19-14-5-3-4-13(17)16(14)20/h3-5,11-12,18H,6-10H2,1-2H3. The molecule has 0 bridgehead atoms. The van der Waals surface area contributed by atoms with Gasteiger partial charge in [0, 0.05) is 12.5 Å². The zero-order valence-electron chi connectivity index (χ0n) is 12.2. The fourth-order valence-electron chi connectivity index (χ4n) is 3.18. The summed E-state index contributed by atoms with van der Waals surface area (Å²) < 4.78 is 2.31. The molecule has 0 amide bonds. The summed E-state index contributed by atoms with van der Waals surface area (Å²) >= 11 is 6.38. The molecule has 3 rings (SSSR count). The molecule has 1 fully saturated rings. The second-order valence-electron chi connectivity index (χ2n) is 6.00. The van der Waals surface area contributed by atoms with Crippen LogP contribution in [-0.2, 0) is 6.42 Å². The van der Waals surface area contributed by atoms with Crippen LogP contribution in [0, 0.1) is 5.92 Å². The van der Waals surface area contributed by atoms with Gasteiger partial charge < -0.3 is 9.88 Å². The monoisotopic (exact) mass is 291 g/mol. The molecule has 1 atom stereocenters. The number of aryl methyl sites for hydroxylation is 1. The highest BCUT2D eigenvalue weighted by atomic mass is 35.5. The van der Waals surface area contributed by atoms with Crippen molar-refractivity contribution >= 4 is 22.6 Å². The molecule has 108 valence electrons. The number of fused-ring (bicyclic) bond motifs is 1. The highest BCUT2D eigenvalue weighted by Crippen LogP contribution is 2.29. The quantitative estimate of drug-likeness (QED) is 0.928. The van der Waals surface area contributed by atoms with Crippen molar-refractivity contribution in [1.29, 1.82) is 0 Å². The summed E-state index contributed by atoms with van der Waals surface area (Å²) in [4.78, 5) is 4.81. The smallest absolute Gasteiger partial charge is 0.110 e. The lowest BCUT2D eigenvalue weighted by Gasteiger charge is -2.15. The minimum Gasteiger partial charge on any atom is -0.324 e. The Bertz CT molecular complexity index is 597. The van der Waals surface area contributed by atoms with Gasteiger partial charge in [-0.05, 0) is 57.8 Å².